The van der Waals surface area contributed by atoms with Crippen molar-refractivity contribution in [3.05, 3.63) is 36.1 Å². The Kier molecular flexibility index (Phi) is 15.6. The molecule has 0 aromatic rings. The average molecular weight is 388 g/mol. The van der Waals surface area contributed by atoms with E-state index in [0.29, 0.717) is 12.0 Å². The molecule has 3 heteroatoms. The predicted molar refractivity (Wildman–Crippen MR) is 129 cm³/mol. The highest BCUT2D eigenvalue weighted by molar-refractivity contribution is 6.02. The van der Waals surface area contributed by atoms with E-state index < -0.39 is 0 Å². The summed E-state index contributed by atoms with van der Waals surface area (Å²) in [7, 11) is 2.26. The molecule has 0 radical (unpaired) electrons. The van der Waals surface area contributed by atoms with Crippen LogP contribution >= 0.6 is 0 Å². The van der Waals surface area contributed by atoms with E-state index >= 15 is 0 Å². The van der Waals surface area contributed by atoms with Crippen molar-refractivity contribution in [3.8, 4) is 0 Å². The Bertz CT molecular complexity index is 540. The van der Waals surface area contributed by atoms with Gasteiger partial charge in [-0.15, -0.1) is 0 Å². The van der Waals surface area contributed by atoms with Crippen LogP contribution < -0.4 is 0 Å². The van der Waals surface area contributed by atoms with Crippen LogP contribution in [-0.2, 0) is 0 Å². The first-order valence-electron chi connectivity index (χ1n) is 11.1. The van der Waals surface area contributed by atoms with Gasteiger partial charge in [0, 0.05) is 43.2 Å². The second-order valence-corrected chi connectivity index (χ2v) is 7.74. The van der Waals surface area contributed by atoms with Gasteiger partial charge in [-0.25, -0.2) is 0 Å². The molecule has 28 heavy (non-hydrogen) atoms. The van der Waals surface area contributed by atoms with Gasteiger partial charge < -0.3 is 0 Å². The Morgan fingerprint density at radius 2 is 1.89 bits per heavy atom. The summed E-state index contributed by atoms with van der Waals surface area (Å²) in [6.07, 6.45) is 14.8. The van der Waals surface area contributed by atoms with Crippen LogP contribution in [0.4, 0.5) is 0 Å². The highest BCUT2D eigenvalue weighted by Crippen LogP contribution is 2.20. The third-order valence-corrected chi connectivity index (χ3v) is 5.51. The Balaban J connectivity index is 5.17. The summed E-state index contributed by atoms with van der Waals surface area (Å²) in [4.78, 5) is 11.6. The molecule has 0 aromatic heterocycles. The molecule has 0 rings (SSSR count). The molecule has 2 unspecified atom stereocenters. The maximum Gasteiger partial charge on any atom is 0.0458 e. The molecule has 0 N–H and O–H groups in total. The van der Waals surface area contributed by atoms with Gasteiger partial charge in [0.25, 0.3) is 0 Å². The zero-order chi connectivity index (χ0) is 21.4. The average Bonchev–Trinajstić information content (AvgIpc) is 2.70. The first-order valence-corrected chi connectivity index (χ1v) is 11.1. The summed E-state index contributed by atoms with van der Waals surface area (Å²) in [6, 6.07) is 0.626. The number of allylic oxidation sites excluding steroid dienone is 3. The lowest BCUT2D eigenvalue weighted by molar-refractivity contribution is 0.253. The van der Waals surface area contributed by atoms with Crippen molar-refractivity contribution in [2.75, 3.05) is 20.1 Å². The van der Waals surface area contributed by atoms with Crippen LogP contribution in [0.15, 0.2) is 46.1 Å². The highest BCUT2D eigenvalue weighted by Gasteiger charge is 2.16. The normalized spacial score (nSPS) is 16.1. The first-order chi connectivity index (χ1) is 13.4. The molecule has 160 valence electrons. The summed E-state index contributed by atoms with van der Waals surface area (Å²) in [5.41, 5.74) is 3.93. The van der Waals surface area contributed by atoms with Crippen molar-refractivity contribution in [1.29, 1.82) is 0 Å². The van der Waals surface area contributed by atoms with Crippen LogP contribution in [0.5, 0.6) is 0 Å². The Labute approximate surface area is 175 Å². The SMILES string of the molecule is C=CN=C/C=C(\C)C(CCC)=NCC(CC)/C(=C/C)CN(C)C(C)CCCC. The van der Waals surface area contributed by atoms with Gasteiger partial charge in [-0.3, -0.25) is 14.9 Å². The fourth-order valence-corrected chi connectivity index (χ4v) is 3.30. The van der Waals surface area contributed by atoms with Gasteiger partial charge in [0.1, 0.15) is 0 Å². The van der Waals surface area contributed by atoms with Gasteiger partial charge in [-0.1, -0.05) is 58.3 Å². The molecule has 0 heterocycles. The van der Waals surface area contributed by atoms with Crippen molar-refractivity contribution in [3.63, 3.8) is 0 Å². The molecule has 0 aliphatic rings. The van der Waals surface area contributed by atoms with E-state index in [9.17, 15) is 0 Å². The number of likely N-dealkylation sites (N-methyl/N-ethyl adjacent to an activating group) is 1. The minimum atomic E-state index is 0.507. The van der Waals surface area contributed by atoms with Crippen molar-refractivity contribution in [1.82, 2.24) is 4.90 Å². The van der Waals surface area contributed by atoms with Gasteiger partial charge in [-0.2, -0.15) is 0 Å². The first kappa shape index (κ1) is 26.5. The molecule has 0 amide bonds. The van der Waals surface area contributed by atoms with Crippen LogP contribution in [0.1, 0.15) is 80.1 Å². The monoisotopic (exact) mass is 387 g/mol. The fourth-order valence-electron chi connectivity index (χ4n) is 3.30. The molecule has 0 spiro atoms. The van der Waals surface area contributed by atoms with Gasteiger partial charge in [-0.05, 0) is 58.7 Å². The summed E-state index contributed by atoms with van der Waals surface area (Å²) >= 11 is 0. The molecule has 0 aliphatic heterocycles. The van der Waals surface area contributed by atoms with E-state index in [1.165, 1.54) is 36.1 Å². The van der Waals surface area contributed by atoms with E-state index in [-0.39, 0.29) is 0 Å². The van der Waals surface area contributed by atoms with Crippen molar-refractivity contribution >= 4 is 11.9 Å². The van der Waals surface area contributed by atoms with E-state index in [2.05, 4.69) is 71.1 Å². The predicted octanol–water partition coefficient (Wildman–Crippen LogP) is 6.87. The summed E-state index contributed by atoms with van der Waals surface area (Å²) in [5, 5.41) is 0. The van der Waals surface area contributed by atoms with Crippen LogP contribution in [-0.4, -0.2) is 43.0 Å². The summed E-state index contributed by atoms with van der Waals surface area (Å²) < 4.78 is 0. The number of hydrogen-bond donors (Lipinski definition) is 0. The zero-order valence-electron chi connectivity index (χ0n) is 19.7. The third-order valence-electron chi connectivity index (χ3n) is 5.51. The number of aliphatic imine (C=N–C) groups is 2. The molecule has 0 saturated heterocycles. The lowest BCUT2D eigenvalue weighted by Crippen LogP contribution is -2.32. The maximum absolute atomic E-state index is 5.04. The maximum atomic E-state index is 5.04. The number of nitrogens with zero attached hydrogens (tertiary/aromatic N) is 3. The van der Waals surface area contributed by atoms with Gasteiger partial charge in [0.05, 0.1) is 0 Å². The lowest BCUT2D eigenvalue weighted by Gasteiger charge is -2.28. The molecule has 0 fully saturated rings. The topological polar surface area (TPSA) is 28.0 Å². The number of unbranched alkanes of at least 4 members (excludes halogenated alkanes) is 1. The molecule has 3 nitrogen and oxygen atoms in total. The standard InChI is InChI=1S/C25H45N3/c1-9-14-16-22(7)28(8)20-24(12-4)23(11-3)19-27-25(15-10-2)21(6)17-18-26-13-5/h12-13,17-18,22-23H,5,9-11,14-16,19-20H2,1-4,6-8H3/b21-17+,24-12+,26-18?,27-25?. The molecular weight excluding hydrogens is 342 g/mol. The van der Waals surface area contributed by atoms with Crippen LogP contribution in [0.3, 0.4) is 0 Å². The molecule has 0 aromatic carbocycles. The van der Waals surface area contributed by atoms with E-state index in [1.54, 1.807) is 12.4 Å². The number of rotatable bonds is 15. The van der Waals surface area contributed by atoms with E-state index in [1.807, 2.05) is 6.08 Å². The van der Waals surface area contributed by atoms with Crippen molar-refractivity contribution in [2.45, 2.75) is 86.1 Å². The quantitative estimate of drug-likeness (QED) is 0.222. The smallest absolute Gasteiger partial charge is 0.0458 e. The van der Waals surface area contributed by atoms with Crippen LogP contribution in [0.25, 0.3) is 0 Å². The van der Waals surface area contributed by atoms with Gasteiger partial charge >= 0.3 is 0 Å². The van der Waals surface area contributed by atoms with Gasteiger partial charge in [0.2, 0.25) is 0 Å². The van der Waals surface area contributed by atoms with Crippen LogP contribution in [0, 0.1) is 5.92 Å². The lowest BCUT2D eigenvalue weighted by atomic mass is 9.94. The zero-order valence-corrected chi connectivity index (χ0v) is 19.7. The second kappa shape index (κ2) is 16.5. The Hall–Kier alpha value is -1.48. The fraction of sp³-hybridized carbons (Fsp3) is 0.680. The highest BCUT2D eigenvalue weighted by atomic mass is 15.1. The number of hydrogen-bond acceptors (Lipinski definition) is 3. The largest absolute Gasteiger partial charge is 0.300 e. The Morgan fingerprint density at radius 1 is 1.18 bits per heavy atom. The van der Waals surface area contributed by atoms with E-state index in [4.69, 9.17) is 4.99 Å². The Morgan fingerprint density at radius 3 is 2.43 bits per heavy atom. The second-order valence-electron chi connectivity index (χ2n) is 7.74. The summed E-state index contributed by atoms with van der Waals surface area (Å²) in [6.45, 7) is 18.9. The van der Waals surface area contributed by atoms with Crippen LogP contribution in [0.2, 0.25) is 0 Å². The van der Waals surface area contributed by atoms with E-state index in [0.717, 1.165) is 32.4 Å². The minimum absolute atomic E-state index is 0.507. The van der Waals surface area contributed by atoms with Crippen molar-refractivity contribution in [2.24, 2.45) is 15.9 Å². The molecular formula is C25H45N3. The van der Waals surface area contributed by atoms with Crippen molar-refractivity contribution < 1.29 is 0 Å². The summed E-state index contributed by atoms with van der Waals surface area (Å²) in [5.74, 6) is 0.507. The molecule has 0 bridgehead atoms. The molecule has 2 atom stereocenters. The van der Waals surface area contributed by atoms with Gasteiger partial charge in [0.15, 0.2) is 0 Å². The molecule has 0 aliphatic carbocycles. The minimum Gasteiger partial charge on any atom is -0.300 e. The molecule has 0 saturated carbocycles. The third kappa shape index (κ3) is 10.8.